The largest absolute Gasteiger partial charge is 0.490 e. The molecule has 176 valence electrons. The molecule has 0 radical (unpaired) electrons. The van der Waals surface area contributed by atoms with Gasteiger partial charge in [0.15, 0.2) is 16.8 Å². The molecule has 20 heteroatoms. The van der Waals surface area contributed by atoms with Crippen LogP contribution in [0.3, 0.4) is 0 Å². The minimum atomic E-state index is -5.64. The van der Waals surface area contributed by atoms with Crippen LogP contribution in [0.2, 0.25) is 0 Å². The second kappa shape index (κ2) is 8.33. The van der Waals surface area contributed by atoms with Crippen LogP contribution >= 0.6 is 23.5 Å². The number of aliphatic hydroxyl groups excluding tert-OH is 1. The summed E-state index contributed by atoms with van der Waals surface area (Å²) in [7, 11) is -16.5. The van der Waals surface area contributed by atoms with Crippen molar-refractivity contribution in [3.8, 4) is 0 Å². The number of hydrogen-bond donors (Lipinski definition) is 5. The molecule has 0 spiro atoms. The number of ether oxygens (including phenoxy) is 1. The third-order valence-electron chi connectivity index (χ3n) is 4.28. The molecule has 2 unspecified atom stereocenters. The molecular weight excluding hydrogens is 499 g/mol. The van der Waals surface area contributed by atoms with E-state index >= 15 is 0 Å². The lowest BCUT2D eigenvalue weighted by molar-refractivity contribution is -0.0423. The van der Waals surface area contributed by atoms with Gasteiger partial charge in [-0.05, 0) is 0 Å². The molecule has 3 aromatic rings. The third kappa shape index (κ3) is 5.15. The van der Waals surface area contributed by atoms with Crippen molar-refractivity contribution < 1.29 is 56.3 Å². The topological polar surface area (TPSA) is 237 Å². The Hall–Kier alpha value is -1.58. The van der Waals surface area contributed by atoms with Gasteiger partial charge in [-0.3, -0.25) is 13.5 Å². The SMILES string of the molecule is O=P(O)(O)OP(=O)(O)OP(=O)(O)OC[C@H]1O[C@@H](n2cnc3c2ncn2ccnc32)C[C@@H]1O. The van der Waals surface area contributed by atoms with Gasteiger partial charge in [0.1, 0.15) is 18.7 Å². The normalized spacial score (nSPS) is 25.8. The molecule has 1 aliphatic rings. The van der Waals surface area contributed by atoms with Crippen LogP contribution in [-0.4, -0.2) is 67.4 Å². The average Bonchev–Trinajstić information content (AvgIpc) is 3.33. The number of hydrogen-bond acceptors (Lipinski definition) is 11. The van der Waals surface area contributed by atoms with E-state index in [1.165, 1.54) is 17.2 Å². The zero-order chi connectivity index (χ0) is 23.3. The number of imidazole rings is 2. The number of aliphatic hydroxyl groups is 1. The van der Waals surface area contributed by atoms with E-state index in [1.807, 2.05) is 0 Å². The van der Waals surface area contributed by atoms with E-state index < -0.39 is 48.5 Å². The summed E-state index contributed by atoms with van der Waals surface area (Å²) in [6.07, 6.45) is 3.10. The van der Waals surface area contributed by atoms with Crippen LogP contribution in [0.5, 0.6) is 0 Å². The molecule has 5 atom stereocenters. The van der Waals surface area contributed by atoms with Gasteiger partial charge in [0.05, 0.1) is 19.0 Å². The monoisotopic (exact) mass is 515 g/mol. The molecule has 4 rings (SSSR count). The minimum Gasteiger partial charge on any atom is -0.390 e. The second-order valence-electron chi connectivity index (χ2n) is 6.55. The lowest BCUT2D eigenvalue weighted by Crippen LogP contribution is -2.26. The first-order valence-electron chi connectivity index (χ1n) is 8.60. The molecule has 0 aliphatic carbocycles. The van der Waals surface area contributed by atoms with Crippen LogP contribution in [0.1, 0.15) is 12.6 Å². The molecule has 5 N–H and O–H groups in total. The summed E-state index contributed by atoms with van der Waals surface area (Å²) in [6.45, 7) is -0.772. The maximum absolute atomic E-state index is 11.8. The molecule has 0 bridgehead atoms. The number of phosphoric ester groups is 1. The Morgan fingerprint density at radius 3 is 2.50 bits per heavy atom. The molecule has 0 aromatic carbocycles. The van der Waals surface area contributed by atoms with E-state index in [4.69, 9.17) is 19.4 Å². The second-order valence-corrected chi connectivity index (χ2v) is 11.0. The van der Waals surface area contributed by atoms with Crippen molar-refractivity contribution >= 4 is 40.3 Å². The van der Waals surface area contributed by atoms with Crippen LogP contribution in [0, 0.1) is 0 Å². The van der Waals surface area contributed by atoms with Crippen LogP contribution < -0.4 is 0 Å². The molecule has 0 amide bonds. The van der Waals surface area contributed by atoms with E-state index in [-0.39, 0.29) is 6.42 Å². The van der Waals surface area contributed by atoms with Crippen molar-refractivity contribution in [1.82, 2.24) is 23.9 Å². The van der Waals surface area contributed by atoms with Gasteiger partial charge < -0.3 is 29.4 Å². The van der Waals surface area contributed by atoms with Gasteiger partial charge in [0.25, 0.3) is 0 Å². The Morgan fingerprint density at radius 2 is 1.78 bits per heavy atom. The fourth-order valence-electron chi connectivity index (χ4n) is 3.06. The molecule has 1 aliphatic heterocycles. The Morgan fingerprint density at radius 1 is 1.03 bits per heavy atom. The average molecular weight is 515 g/mol. The van der Waals surface area contributed by atoms with Gasteiger partial charge in [-0.15, -0.1) is 0 Å². The van der Waals surface area contributed by atoms with Crippen molar-refractivity contribution in [3.63, 3.8) is 0 Å². The fraction of sp³-hybridized carbons (Fsp3) is 0.417. The lowest BCUT2D eigenvalue weighted by atomic mass is 10.2. The maximum Gasteiger partial charge on any atom is 0.490 e. The summed E-state index contributed by atoms with van der Waals surface area (Å²) in [5.41, 5.74) is 1.44. The quantitative estimate of drug-likeness (QED) is 0.250. The minimum absolute atomic E-state index is 0.0250. The summed E-state index contributed by atoms with van der Waals surface area (Å²) in [5, 5.41) is 10.2. The summed E-state index contributed by atoms with van der Waals surface area (Å²) in [6, 6.07) is 0. The zero-order valence-electron chi connectivity index (χ0n) is 15.6. The van der Waals surface area contributed by atoms with Gasteiger partial charge in [-0.25, -0.2) is 28.6 Å². The van der Waals surface area contributed by atoms with E-state index in [2.05, 4.69) is 28.1 Å². The highest BCUT2D eigenvalue weighted by atomic mass is 31.3. The van der Waals surface area contributed by atoms with Crippen LogP contribution in [0.15, 0.2) is 25.0 Å². The summed E-state index contributed by atoms with van der Waals surface area (Å²) in [5.74, 6) is 0. The third-order valence-corrected chi connectivity index (χ3v) is 8.09. The van der Waals surface area contributed by atoms with E-state index in [1.54, 1.807) is 16.8 Å². The predicted octanol–water partition coefficient (Wildman–Crippen LogP) is 0.0707. The van der Waals surface area contributed by atoms with Gasteiger partial charge in [-0.2, -0.15) is 8.62 Å². The molecule has 4 heterocycles. The van der Waals surface area contributed by atoms with Crippen molar-refractivity contribution in [2.45, 2.75) is 24.9 Å². The van der Waals surface area contributed by atoms with Gasteiger partial charge in [0, 0.05) is 18.8 Å². The first-order valence-corrected chi connectivity index (χ1v) is 13.1. The Bertz CT molecular complexity index is 1290. The van der Waals surface area contributed by atoms with E-state index in [9.17, 15) is 23.7 Å². The fourth-order valence-corrected chi connectivity index (χ4v) is 6.09. The zero-order valence-corrected chi connectivity index (χ0v) is 18.3. The Balaban J connectivity index is 1.43. The highest BCUT2D eigenvalue weighted by Gasteiger charge is 2.43. The van der Waals surface area contributed by atoms with Gasteiger partial charge >= 0.3 is 23.5 Å². The molecule has 0 saturated carbocycles. The Labute approximate surface area is 177 Å². The van der Waals surface area contributed by atoms with Crippen molar-refractivity contribution in [2.75, 3.05) is 6.61 Å². The smallest absolute Gasteiger partial charge is 0.390 e. The first-order chi connectivity index (χ1) is 14.8. The number of nitrogens with zero attached hydrogens (tertiary/aromatic N) is 5. The predicted molar refractivity (Wildman–Crippen MR) is 101 cm³/mol. The van der Waals surface area contributed by atoms with Gasteiger partial charge in [0.2, 0.25) is 0 Å². The van der Waals surface area contributed by atoms with Crippen LogP contribution in [0.4, 0.5) is 0 Å². The highest BCUT2D eigenvalue weighted by molar-refractivity contribution is 7.66. The lowest BCUT2D eigenvalue weighted by Gasteiger charge is -2.19. The summed E-state index contributed by atoms with van der Waals surface area (Å²) < 4.78 is 54.4. The molecule has 1 fully saturated rings. The van der Waals surface area contributed by atoms with Crippen LogP contribution in [-0.2, 0) is 31.6 Å². The number of fused-ring (bicyclic) bond motifs is 3. The van der Waals surface area contributed by atoms with Crippen molar-refractivity contribution in [3.05, 3.63) is 25.0 Å². The van der Waals surface area contributed by atoms with E-state index in [0.717, 1.165) is 0 Å². The summed E-state index contributed by atoms with van der Waals surface area (Å²) >= 11 is 0. The number of rotatable bonds is 8. The van der Waals surface area contributed by atoms with E-state index in [0.29, 0.717) is 16.8 Å². The van der Waals surface area contributed by atoms with Crippen molar-refractivity contribution in [1.29, 1.82) is 0 Å². The highest BCUT2D eigenvalue weighted by Crippen LogP contribution is 2.66. The van der Waals surface area contributed by atoms with Crippen LogP contribution in [0.25, 0.3) is 16.8 Å². The standard InChI is InChI=1S/C12H16N5O12P3/c18-7-3-9(17-6-14-10-11-13-1-2-16(11)5-15-12(10)17)27-8(7)4-26-31(22,23)29-32(24,25)28-30(19,20)21/h1-2,5-9,18H,3-4H2,(H,22,23)(H,24,25)(H2,19,20,21)/t7-,8+,9+/m0/s1. The molecule has 1 saturated heterocycles. The van der Waals surface area contributed by atoms with Crippen molar-refractivity contribution in [2.24, 2.45) is 0 Å². The maximum atomic E-state index is 11.8. The molecule has 32 heavy (non-hydrogen) atoms. The number of aromatic nitrogens is 5. The molecule has 17 nitrogen and oxygen atoms in total. The molecule has 3 aromatic heterocycles. The Kier molecular flexibility index (Phi) is 6.13. The molecular formula is C12H16N5O12P3. The first kappa shape index (κ1) is 23.6. The van der Waals surface area contributed by atoms with Gasteiger partial charge in [-0.1, -0.05) is 0 Å². The summed E-state index contributed by atoms with van der Waals surface area (Å²) in [4.78, 5) is 48.5. The number of phosphoric acid groups is 3.